The zero-order chi connectivity index (χ0) is 13.5. The van der Waals surface area contributed by atoms with Gasteiger partial charge in [0.25, 0.3) is 0 Å². The van der Waals surface area contributed by atoms with Crippen LogP contribution in [0.3, 0.4) is 0 Å². The molecule has 2 aromatic rings. The van der Waals surface area contributed by atoms with Gasteiger partial charge in [-0.1, -0.05) is 6.07 Å². The third-order valence-corrected chi connectivity index (χ3v) is 3.45. The molecule has 0 atom stereocenters. The summed E-state index contributed by atoms with van der Waals surface area (Å²) < 4.78 is 10.5. The van der Waals surface area contributed by atoms with Crippen LogP contribution in [0, 0.1) is 0 Å². The van der Waals surface area contributed by atoms with Gasteiger partial charge < -0.3 is 14.8 Å². The zero-order valence-corrected chi connectivity index (χ0v) is 12.0. The van der Waals surface area contributed by atoms with Gasteiger partial charge in [0.05, 0.1) is 25.4 Å². The molecule has 1 N–H and O–H groups in total. The number of thiazole rings is 1. The molecule has 19 heavy (non-hydrogen) atoms. The Bertz CT molecular complexity index is 500. The van der Waals surface area contributed by atoms with E-state index in [1.807, 2.05) is 23.7 Å². The van der Waals surface area contributed by atoms with Crippen LogP contribution in [0.5, 0.6) is 11.5 Å². The Kier molecular flexibility index (Phi) is 5.18. The zero-order valence-electron chi connectivity index (χ0n) is 11.2. The summed E-state index contributed by atoms with van der Waals surface area (Å²) in [6.07, 6.45) is 0.955. The highest BCUT2D eigenvalue weighted by molar-refractivity contribution is 7.07. The van der Waals surface area contributed by atoms with Crippen LogP contribution >= 0.6 is 11.3 Å². The van der Waals surface area contributed by atoms with Gasteiger partial charge in [0, 0.05) is 24.9 Å². The van der Waals surface area contributed by atoms with Crippen molar-refractivity contribution >= 4 is 11.3 Å². The number of nitrogens with zero attached hydrogens (tertiary/aromatic N) is 1. The molecule has 1 aromatic carbocycles. The lowest BCUT2D eigenvalue weighted by atomic mass is 10.2. The maximum Gasteiger partial charge on any atom is 0.161 e. The molecule has 0 bridgehead atoms. The van der Waals surface area contributed by atoms with Crippen molar-refractivity contribution in [1.29, 1.82) is 0 Å². The van der Waals surface area contributed by atoms with E-state index in [0.29, 0.717) is 0 Å². The molecule has 0 saturated heterocycles. The van der Waals surface area contributed by atoms with Gasteiger partial charge in [-0.3, -0.25) is 0 Å². The van der Waals surface area contributed by atoms with Crippen LogP contribution in [0.25, 0.3) is 0 Å². The van der Waals surface area contributed by atoms with E-state index in [1.165, 1.54) is 5.56 Å². The molecule has 0 aliphatic rings. The first-order chi connectivity index (χ1) is 9.33. The molecule has 2 rings (SSSR count). The lowest BCUT2D eigenvalue weighted by molar-refractivity contribution is 0.354. The Hall–Kier alpha value is -1.59. The minimum Gasteiger partial charge on any atom is -0.493 e. The molecule has 0 spiro atoms. The smallest absolute Gasteiger partial charge is 0.161 e. The highest BCUT2D eigenvalue weighted by Crippen LogP contribution is 2.27. The Morgan fingerprint density at radius 1 is 1.21 bits per heavy atom. The SMILES string of the molecule is COc1ccc(CNCCc2cscn2)cc1OC. The molecule has 0 aliphatic carbocycles. The Labute approximate surface area is 117 Å². The van der Waals surface area contributed by atoms with Crippen molar-refractivity contribution in [2.45, 2.75) is 13.0 Å². The second-order valence-electron chi connectivity index (χ2n) is 4.10. The summed E-state index contributed by atoms with van der Waals surface area (Å²) in [5.74, 6) is 1.52. The maximum atomic E-state index is 5.28. The third kappa shape index (κ3) is 3.94. The summed E-state index contributed by atoms with van der Waals surface area (Å²) in [6, 6.07) is 5.96. The molecular formula is C14H18N2O2S. The Morgan fingerprint density at radius 3 is 2.74 bits per heavy atom. The van der Waals surface area contributed by atoms with Gasteiger partial charge in [-0.25, -0.2) is 4.98 Å². The number of ether oxygens (including phenoxy) is 2. The van der Waals surface area contributed by atoms with E-state index in [0.717, 1.165) is 36.7 Å². The van der Waals surface area contributed by atoms with Crippen LogP contribution in [0.15, 0.2) is 29.1 Å². The molecule has 0 fully saturated rings. The minimum absolute atomic E-state index is 0.758. The quantitative estimate of drug-likeness (QED) is 0.790. The molecule has 4 nitrogen and oxygen atoms in total. The average molecular weight is 278 g/mol. The number of benzene rings is 1. The van der Waals surface area contributed by atoms with Crippen molar-refractivity contribution in [3.8, 4) is 11.5 Å². The summed E-state index contributed by atoms with van der Waals surface area (Å²) in [6.45, 7) is 1.72. The monoisotopic (exact) mass is 278 g/mol. The molecule has 1 aromatic heterocycles. The van der Waals surface area contributed by atoms with Crippen molar-refractivity contribution in [2.24, 2.45) is 0 Å². The van der Waals surface area contributed by atoms with Crippen molar-refractivity contribution in [3.05, 3.63) is 40.3 Å². The molecule has 1 heterocycles. The molecule has 0 radical (unpaired) electrons. The van der Waals surface area contributed by atoms with Gasteiger partial charge in [0.15, 0.2) is 11.5 Å². The van der Waals surface area contributed by atoms with Crippen molar-refractivity contribution < 1.29 is 9.47 Å². The van der Waals surface area contributed by atoms with E-state index in [9.17, 15) is 0 Å². The van der Waals surface area contributed by atoms with Gasteiger partial charge in [-0.05, 0) is 17.7 Å². The highest BCUT2D eigenvalue weighted by Gasteiger charge is 2.04. The summed E-state index contributed by atoms with van der Waals surface area (Å²) in [5, 5.41) is 5.48. The largest absolute Gasteiger partial charge is 0.493 e. The number of rotatable bonds is 7. The van der Waals surface area contributed by atoms with E-state index < -0.39 is 0 Å². The van der Waals surface area contributed by atoms with Crippen LogP contribution in [-0.4, -0.2) is 25.7 Å². The number of nitrogens with one attached hydrogen (secondary N) is 1. The van der Waals surface area contributed by atoms with Crippen LogP contribution in [0.4, 0.5) is 0 Å². The number of hydrogen-bond donors (Lipinski definition) is 1. The number of aromatic nitrogens is 1. The summed E-state index contributed by atoms with van der Waals surface area (Å²) in [7, 11) is 3.29. The normalized spacial score (nSPS) is 10.4. The van der Waals surface area contributed by atoms with Crippen LogP contribution in [-0.2, 0) is 13.0 Å². The van der Waals surface area contributed by atoms with Crippen LogP contribution < -0.4 is 14.8 Å². The van der Waals surface area contributed by atoms with Gasteiger partial charge in [0.1, 0.15) is 0 Å². The number of hydrogen-bond acceptors (Lipinski definition) is 5. The van der Waals surface area contributed by atoms with E-state index in [-0.39, 0.29) is 0 Å². The van der Waals surface area contributed by atoms with E-state index in [2.05, 4.69) is 15.7 Å². The van der Waals surface area contributed by atoms with Gasteiger partial charge in [-0.15, -0.1) is 11.3 Å². The molecule has 0 saturated carbocycles. The molecule has 0 unspecified atom stereocenters. The second kappa shape index (κ2) is 7.11. The van der Waals surface area contributed by atoms with Gasteiger partial charge in [-0.2, -0.15) is 0 Å². The molecular weight excluding hydrogens is 260 g/mol. The fraction of sp³-hybridized carbons (Fsp3) is 0.357. The van der Waals surface area contributed by atoms with Crippen molar-refractivity contribution in [3.63, 3.8) is 0 Å². The maximum absolute atomic E-state index is 5.28. The topological polar surface area (TPSA) is 43.4 Å². The lowest BCUT2D eigenvalue weighted by Gasteiger charge is -2.10. The molecule has 0 amide bonds. The number of methoxy groups -OCH3 is 2. The first-order valence-electron chi connectivity index (χ1n) is 6.12. The standard InChI is InChI=1S/C14H18N2O2S/c1-17-13-4-3-11(7-14(13)18-2)8-15-6-5-12-9-19-10-16-12/h3-4,7,9-10,15H,5-6,8H2,1-2H3. The lowest BCUT2D eigenvalue weighted by Crippen LogP contribution is -2.16. The fourth-order valence-electron chi connectivity index (χ4n) is 1.80. The van der Waals surface area contributed by atoms with Gasteiger partial charge >= 0.3 is 0 Å². The van der Waals surface area contributed by atoms with E-state index >= 15 is 0 Å². The van der Waals surface area contributed by atoms with Crippen molar-refractivity contribution in [2.75, 3.05) is 20.8 Å². The van der Waals surface area contributed by atoms with Crippen LogP contribution in [0.1, 0.15) is 11.3 Å². The predicted octanol–water partition coefficient (Wildman–Crippen LogP) is 2.49. The fourth-order valence-corrected chi connectivity index (χ4v) is 2.39. The molecule has 0 aliphatic heterocycles. The predicted molar refractivity (Wildman–Crippen MR) is 77.1 cm³/mol. The highest BCUT2D eigenvalue weighted by atomic mass is 32.1. The minimum atomic E-state index is 0.758. The molecule has 5 heteroatoms. The van der Waals surface area contributed by atoms with Gasteiger partial charge in [0.2, 0.25) is 0 Å². The second-order valence-corrected chi connectivity index (χ2v) is 4.81. The summed E-state index contributed by atoms with van der Waals surface area (Å²) >= 11 is 1.63. The third-order valence-electron chi connectivity index (χ3n) is 2.82. The van der Waals surface area contributed by atoms with E-state index in [4.69, 9.17) is 9.47 Å². The average Bonchev–Trinajstić information content (AvgIpc) is 2.96. The molecule has 102 valence electrons. The first kappa shape index (κ1) is 13.8. The van der Waals surface area contributed by atoms with E-state index in [1.54, 1.807) is 25.6 Å². The Morgan fingerprint density at radius 2 is 2.05 bits per heavy atom. The Balaban J connectivity index is 1.82. The first-order valence-corrected chi connectivity index (χ1v) is 7.06. The van der Waals surface area contributed by atoms with Crippen LogP contribution in [0.2, 0.25) is 0 Å². The summed E-state index contributed by atoms with van der Waals surface area (Å²) in [4.78, 5) is 4.25. The summed E-state index contributed by atoms with van der Waals surface area (Å²) in [5.41, 5.74) is 4.18. The van der Waals surface area contributed by atoms with Crippen molar-refractivity contribution in [1.82, 2.24) is 10.3 Å².